The molecule has 9 heteroatoms. The summed E-state index contributed by atoms with van der Waals surface area (Å²) in [6.07, 6.45) is 5.89. The van der Waals surface area contributed by atoms with Crippen molar-refractivity contribution in [2.45, 2.75) is 79.2 Å². The first kappa shape index (κ1) is 35.9. The number of rotatable bonds is 16. The second kappa shape index (κ2) is 17.3. The Morgan fingerprint density at radius 1 is 0.729 bits per heavy atom. The maximum absolute atomic E-state index is 13.5. The van der Waals surface area contributed by atoms with Gasteiger partial charge in [-0.25, -0.2) is 0 Å². The number of carbonyl (C=O) groups excluding carboxylic acids is 4. The van der Waals surface area contributed by atoms with Crippen LogP contribution in [0.4, 0.5) is 5.69 Å². The lowest BCUT2D eigenvalue weighted by molar-refractivity contribution is -0.132. The van der Waals surface area contributed by atoms with E-state index in [2.05, 4.69) is 23.6 Å². The zero-order valence-electron chi connectivity index (χ0n) is 28.8. The van der Waals surface area contributed by atoms with E-state index in [0.717, 1.165) is 78.5 Å². The molecular weight excluding hydrogens is 606 g/mol. The van der Waals surface area contributed by atoms with Crippen LogP contribution >= 0.6 is 0 Å². The maximum atomic E-state index is 13.5. The third-order valence-electron chi connectivity index (χ3n) is 8.29. The van der Waals surface area contributed by atoms with E-state index in [-0.39, 0.29) is 11.8 Å². The first-order chi connectivity index (χ1) is 23.1. The molecule has 3 aromatic carbocycles. The number of benzene rings is 3. The van der Waals surface area contributed by atoms with Crippen LogP contribution in [0.3, 0.4) is 0 Å². The fourth-order valence-electron chi connectivity index (χ4n) is 5.93. The number of ether oxygens (including phenoxy) is 2. The van der Waals surface area contributed by atoms with Gasteiger partial charge in [0.15, 0.2) is 0 Å². The lowest BCUT2D eigenvalue weighted by atomic mass is 10.1. The molecule has 0 atom stereocenters. The zero-order valence-corrected chi connectivity index (χ0v) is 28.8. The molecule has 0 aliphatic carbocycles. The van der Waals surface area contributed by atoms with Crippen LogP contribution in [0.2, 0.25) is 0 Å². The highest BCUT2D eigenvalue weighted by molar-refractivity contribution is 6.10. The van der Waals surface area contributed by atoms with E-state index in [1.807, 2.05) is 54.4 Å². The van der Waals surface area contributed by atoms with Crippen molar-refractivity contribution in [3.8, 4) is 22.8 Å². The van der Waals surface area contributed by atoms with Gasteiger partial charge in [-0.3, -0.25) is 19.2 Å². The van der Waals surface area contributed by atoms with Gasteiger partial charge in [-0.1, -0.05) is 56.5 Å². The number of carbonyl (C=O) groups is 4. The lowest BCUT2D eigenvalue weighted by Gasteiger charge is -2.24. The van der Waals surface area contributed by atoms with Gasteiger partial charge >= 0.3 is 11.9 Å². The van der Waals surface area contributed by atoms with Crippen LogP contribution in [0, 0.1) is 0 Å². The van der Waals surface area contributed by atoms with Gasteiger partial charge in [0.05, 0.1) is 16.9 Å². The fraction of sp³-hybridized carbons (Fsp3) is 0.385. The standard InChI is InChI=1S/C39H47N3O6/c1-6-7-24-40(5)37(46)17-13-8-9-14-25-41(28(2)43)39-35-26-34(48-30(4)45)22-23-36(35)42(27-31-15-11-10-12-16-31)38(39)32-18-20-33(21-19-32)47-29(3)44/h10-12,15-16,18-23,26H,6-9,13-14,17,24-25,27H2,1-5H3. The molecule has 0 fully saturated rings. The predicted octanol–water partition coefficient (Wildman–Crippen LogP) is 7.77. The number of unbranched alkanes of at least 4 members (excludes halogenated alkanes) is 4. The molecule has 0 N–H and O–H groups in total. The van der Waals surface area contributed by atoms with Gasteiger partial charge < -0.3 is 23.8 Å². The molecule has 0 saturated carbocycles. The van der Waals surface area contributed by atoms with Gasteiger partial charge in [-0.05, 0) is 67.3 Å². The predicted molar refractivity (Wildman–Crippen MR) is 189 cm³/mol. The molecular formula is C39H47N3O6. The topological polar surface area (TPSA) is 98.2 Å². The quantitative estimate of drug-likeness (QED) is 0.0696. The summed E-state index contributed by atoms with van der Waals surface area (Å²) < 4.78 is 13.0. The minimum absolute atomic E-state index is 0.114. The number of anilines is 1. The summed E-state index contributed by atoms with van der Waals surface area (Å²) in [4.78, 5) is 53.1. The highest BCUT2D eigenvalue weighted by Crippen LogP contribution is 2.43. The van der Waals surface area contributed by atoms with Gasteiger partial charge in [0.25, 0.3) is 0 Å². The van der Waals surface area contributed by atoms with Crippen LogP contribution in [0.5, 0.6) is 11.5 Å². The van der Waals surface area contributed by atoms with Crippen molar-refractivity contribution in [3.05, 3.63) is 78.4 Å². The van der Waals surface area contributed by atoms with Crippen LogP contribution in [-0.2, 0) is 25.7 Å². The summed E-state index contributed by atoms with van der Waals surface area (Å²) in [6, 6.07) is 22.8. The van der Waals surface area contributed by atoms with E-state index in [1.165, 1.54) is 13.8 Å². The molecule has 4 rings (SSSR count). The third kappa shape index (κ3) is 9.56. The molecule has 0 spiro atoms. The highest BCUT2D eigenvalue weighted by Gasteiger charge is 2.26. The van der Waals surface area contributed by atoms with Crippen molar-refractivity contribution < 1.29 is 28.7 Å². The molecule has 0 radical (unpaired) electrons. The number of nitrogens with zero attached hydrogens (tertiary/aromatic N) is 3. The molecule has 9 nitrogen and oxygen atoms in total. The van der Waals surface area contributed by atoms with Crippen LogP contribution in [0.1, 0.15) is 78.2 Å². The van der Waals surface area contributed by atoms with Crippen molar-refractivity contribution >= 4 is 40.3 Å². The first-order valence-corrected chi connectivity index (χ1v) is 16.8. The second-order valence-electron chi connectivity index (χ2n) is 12.2. The molecule has 48 heavy (non-hydrogen) atoms. The number of hydrogen-bond acceptors (Lipinski definition) is 6. The summed E-state index contributed by atoms with van der Waals surface area (Å²) >= 11 is 0. The Labute approximate surface area is 283 Å². The summed E-state index contributed by atoms with van der Waals surface area (Å²) in [7, 11) is 1.87. The summed E-state index contributed by atoms with van der Waals surface area (Å²) in [5, 5.41) is 0.777. The van der Waals surface area contributed by atoms with Gasteiger partial charge in [-0.2, -0.15) is 0 Å². The number of esters is 2. The van der Waals surface area contributed by atoms with Gasteiger partial charge in [0, 0.05) is 64.8 Å². The Balaban J connectivity index is 1.72. The Morgan fingerprint density at radius 3 is 2.02 bits per heavy atom. The van der Waals surface area contributed by atoms with E-state index in [1.54, 1.807) is 30.0 Å². The molecule has 0 aliphatic heterocycles. The van der Waals surface area contributed by atoms with E-state index < -0.39 is 11.9 Å². The monoisotopic (exact) mass is 653 g/mol. The highest BCUT2D eigenvalue weighted by atomic mass is 16.5. The van der Waals surface area contributed by atoms with E-state index in [9.17, 15) is 19.2 Å². The summed E-state index contributed by atoms with van der Waals surface area (Å²) in [5.41, 5.74) is 4.32. The normalized spacial score (nSPS) is 10.9. The minimum atomic E-state index is -0.431. The molecule has 2 amide bonds. The summed E-state index contributed by atoms with van der Waals surface area (Å²) in [5.74, 6) is 0.0378. The molecule has 0 bridgehead atoms. The van der Waals surface area contributed by atoms with E-state index >= 15 is 0 Å². The number of aromatic nitrogens is 1. The maximum Gasteiger partial charge on any atom is 0.308 e. The van der Waals surface area contributed by atoms with Gasteiger partial charge in [0.1, 0.15) is 11.5 Å². The minimum Gasteiger partial charge on any atom is -0.427 e. The first-order valence-electron chi connectivity index (χ1n) is 16.8. The van der Waals surface area contributed by atoms with Crippen LogP contribution in [0.15, 0.2) is 72.8 Å². The Hall–Kier alpha value is -4.92. The molecule has 0 aliphatic rings. The van der Waals surface area contributed by atoms with E-state index in [0.29, 0.717) is 31.0 Å². The van der Waals surface area contributed by atoms with Crippen molar-refractivity contribution in [2.75, 3.05) is 25.0 Å². The Bertz CT molecular complexity index is 1710. The summed E-state index contributed by atoms with van der Waals surface area (Å²) in [6.45, 7) is 8.19. The van der Waals surface area contributed by atoms with Crippen LogP contribution in [-0.4, -0.2) is 53.4 Å². The van der Waals surface area contributed by atoms with Crippen LogP contribution < -0.4 is 14.4 Å². The fourth-order valence-corrected chi connectivity index (χ4v) is 5.93. The zero-order chi connectivity index (χ0) is 34.6. The Kier molecular flexibility index (Phi) is 12.9. The molecule has 254 valence electrons. The molecule has 1 heterocycles. The van der Waals surface area contributed by atoms with Gasteiger partial charge in [-0.15, -0.1) is 0 Å². The van der Waals surface area contributed by atoms with Crippen molar-refractivity contribution in [1.29, 1.82) is 0 Å². The van der Waals surface area contributed by atoms with Gasteiger partial charge in [0.2, 0.25) is 11.8 Å². The van der Waals surface area contributed by atoms with E-state index in [4.69, 9.17) is 9.47 Å². The number of fused-ring (bicyclic) bond motifs is 1. The lowest BCUT2D eigenvalue weighted by Crippen LogP contribution is -2.30. The number of hydrogen-bond donors (Lipinski definition) is 0. The van der Waals surface area contributed by atoms with Crippen molar-refractivity contribution in [1.82, 2.24) is 9.47 Å². The average Bonchev–Trinajstić information content (AvgIpc) is 3.35. The van der Waals surface area contributed by atoms with Crippen LogP contribution in [0.25, 0.3) is 22.2 Å². The van der Waals surface area contributed by atoms with Crippen molar-refractivity contribution in [2.24, 2.45) is 0 Å². The number of amides is 2. The van der Waals surface area contributed by atoms with Crippen molar-refractivity contribution in [3.63, 3.8) is 0 Å². The SMILES string of the molecule is CCCCN(C)C(=O)CCCCCCN(C(C)=O)c1c(-c2ccc(OC(C)=O)cc2)n(Cc2ccccc2)c2ccc(OC(C)=O)cc12. The Morgan fingerprint density at radius 2 is 1.38 bits per heavy atom. The third-order valence-corrected chi connectivity index (χ3v) is 8.29. The average molecular weight is 654 g/mol. The molecule has 0 saturated heterocycles. The smallest absolute Gasteiger partial charge is 0.308 e. The molecule has 1 aromatic heterocycles. The second-order valence-corrected chi connectivity index (χ2v) is 12.2. The largest absolute Gasteiger partial charge is 0.427 e. The molecule has 0 unspecified atom stereocenters. The molecule has 4 aromatic rings.